The van der Waals surface area contributed by atoms with Gasteiger partial charge in [0.15, 0.2) is 0 Å². The molecular weight excluding hydrogens is 258 g/mol. The molecule has 0 unspecified atom stereocenters. The Kier molecular flexibility index (Phi) is 4.30. The third-order valence-corrected chi connectivity index (χ3v) is 4.32. The summed E-state index contributed by atoms with van der Waals surface area (Å²) in [6.07, 6.45) is 6.47. The van der Waals surface area contributed by atoms with E-state index in [9.17, 15) is 0 Å². The lowest BCUT2D eigenvalue weighted by Crippen LogP contribution is -2.32. The highest BCUT2D eigenvalue weighted by Crippen LogP contribution is 2.21. The molecule has 3 nitrogen and oxygen atoms in total. The average Bonchev–Trinajstić information content (AvgIpc) is 2.51. The summed E-state index contributed by atoms with van der Waals surface area (Å²) in [4.78, 5) is 11.4. The van der Waals surface area contributed by atoms with E-state index in [1.54, 1.807) is 0 Å². The van der Waals surface area contributed by atoms with Crippen LogP contribution in [0.4, 0.5) is 0 Å². The number of aromatic nitrogens is 2. The van der Waals surface area contributed by atoms with E-state index < -0.39 is 0 Å². The quantitative estimate of drug-likeness (QED) is 0.859. The molecule has 0 spiro atoms. The van der Waals surface area contributed by atoms with Crippen LogP contribution < -0.4 is 0 Å². The van der Waals surface area contributed by atoms with Crippen molar-refractivity contribution >= 4 is 0 Å². The highest BCUT2D eigenvalue weighted by molar-refractivity contribution is 5.62. The van der Waals surface area contributed by atoms with Crippen molar-refractivity contribution in [1.82, 2.24) is 14.9 Å². The molecule has 1 saturated heterocycles. The molecule has 0 saturated carbocycles. The topological polar surface area (TPSA) is 29.0 Å². The maximum Gasteiger partial charge on any atom is 0.0550 e. The van der Waals surface area contributed by atoms with Crippen LogP contribution >= 0.6 is 0 Å². The van der Waals surface area contributed by atoms with E-state index in [1.165, 1.54) is 31.5 Å². The molecule has 3 heteroatoms. The number of piperidine rings is 1. The van der Waals surface area contributed by atoms with Crippen LogP contribution in [0.3, 0.4) is 0 Å². The standard InChI is InChI=1S/C18H23N3/c1-14-6-9-21(10-7-14)13-18-11-16(5-8-19-18)17-4-3-15(2)20-12-17/h3-5,8,11-12,14H,6-7,9-10,13H2,1-2H3. The molecule has 1 aliphatic rings. The summed E-state index contributed by atoms with van der Waals surface area (Å²) in [5, 5.41) is 0. The van der Waals surface area contributed by atoms with E-state index in [0.717, 1.165) is 29.4 Å². The number of aryl methyl sites for hydroxylation is 1. The zero-order chi connectivity index (χ0) is 14.7. The third kappa shape index (κ3) is 3.67. The molecule has 21 heavy (non-hydrogen) atoms. The first kappa shape index (κ1) is 14.2. The molecule has 2 aromatic heterocycles. The molecule has 1 fully saturated rings. The third-order valence-electron chi connectivity index (χ3n) is 4.32. The van der Waals surface area contributed by atoms with Crippen LogP contribution in [0.2, 0.25) is 0 Å². The van der Waals surface area contributed by atoms with Gasteiger partial charge in [0.1, 0.15) is 0 Å². The maximum atomic E-state index is 4.53. The molecule has 0 aliphatic carbocycles. The van der Waals surface area contributed by atoms with E-state index in [4.69, 9.17) is 0 Å². The summed E-state index contributed by atoms with van der Waals surface area (Å²) in [5.74, 6) is 0.874. The highest BCUT2D eigenvalue weighted by Gasteiger charge is 2.16. The van der Waals surface area contributed by atoms with E-state index >= 15 is 0 Å². The van der Waals surface area contributed by atoms with Gasteiger partial charge in [0.25, 0.3) is 0 Å². The van der Waals surface area contributed by atoms with Crippen molar-refractivity contribution in [2.75, 3.05) is 13.1 Å². The van der Waals surface area contributed by atoms with Gasteiger partial charge in [-0.25, -0.2) is 0 Å². The largest absolute Gasteiger partial charge is 0.297 e. The second-order valence-electron chi connectivity index (χ2n) is 6.18. The Bertz CT molecular complexity index is 584. The molecular formula is C18H23N3. The lowest BCUT2D eigenvalue weighted by atomic mass is 9.99. The van der Waals surface area contributed by atoms with E-state index in [1.807, 2.05) is 19.3 Å². The minimum atomic E-state index is 0.874. The van der Waals surface area contributed by atoms with Crippen LogP contribution in [0.15, 0.2) is 36.7 Å². The number of nitrogens with zero attached hydrogens (tertiary/aromatic N) is 3. The molecule has 0 N–H and O–H groups in total. The predicted octanol–water partition coefficient (Wildman–Crippen LogP) is 3.68. The molecule has 110 valence electrons. The Morgan fingerprint density at radius 2 is 1.90 bits per heavy atom. The van der Waals surface area contributed by atoms with Gasteiger partial charge in [0.05, 0.1) is 5.69 Å². The highest BCUT2D eigenvalue weighted by atomic mass is 15.1. The smallest absolute Gasteiger partial charge is 0.0550 e. The SMILES string of the molecule is Cc1ccc(-c2ccnc(CN3CCC(C)CC3)c2)cn1. The molecule has 1 aliphatic heterocycles. The Morgan fingerprint density at radius 1 is 1.10 bits per heavy atom. The number of hydrogen-bond acceptors (Lipinski definition) is 3. The zero-order valence-electron chi connectivity index (χ0n) is 12.9. The summed E-state index contributed by atoms with van der Waals surface area (Å²) in [7, 11) is 0. The minimum absolute atomic E-state index is 0.874. The van der Waals surface area contributed by atoms with Crippen LogP contribution in [0.25, 0.3) is 11.1 Å². The Hall–Kier alpha value is -1.74. The van der Waals surface area contributed by atoms with Crippen molar-refractivity contribution in [2.45, 2.75) is 33.2 Å². The van der Waals surface area contributed by atoms with Crippen molar-refractivity contribution in [3.63, 3.8) is 0 Å². The van der Waals surface area contributed by atoms with Crippen LogP contribution in [0.1, 0.15) is 31.2 Å². The lowest BCUT2D eigenvalue weighted by Gasteiger charge is -2.29. The van der Waals surface area contributed by atoms with Crippen molar-refractivity contribution in [3.8, 4) is 11.1 Å². The van der Waals surface area contributed by atoms with E-state index in [2.05, 4.69) is 46.1 Å². The zero-order valence-corrected chi connectivity index (χ0v) is 12.9. The molecule has 0 radical (unpaired) electrons. The fourth-order valence-electron chi connectivity index (χ4n) is 2.83. The summed E-state index contributed by atoms with van der Waals surface area (Å²) < 4.78 is 0. The molecule has 2 aromatic rings. The lowest BCUT2D eigenvalue weighted by molar-refractivity contribution is 0.183. The van der Waals surface area contributed by atoms with Gasteiger partial charge in [0, 0.05) is 30.2 Å². The van der Waals surface area contributed by atoms with Crippen molar-refractivity contribution in [3.05, 3.63) is 48.0 Å². The Balaban J connectivity index is 1.72. The predicted molar refractivity (Wildman–Crippen MR) is 85.9 cm³/mol. The minimum Gasteiger partial charge on any atom is -0.297 e. The molecule has 0 aromatic carbocycles. The molecule has 0 atom stereocenters. The fraction of sp³-hybridized carbons (Fsp3) is 0.444. The molecule has 3 rings (SSSR count). The number of pyridine rings is 2. The summed E-state index contributed by atoms with van der Waals surface area (Å²) in [6.45, 7) is 7.71. The number of likely N-dealkylation sites (tertiary alicyclic amines) is 1. The van der Waals surface area contributed by atoms with E-state index in [0.29, 0.717) is 0 Å². The fourth-order valence-corrected chi connectivity index (χ4v) is 2.83. The first-order chi connectivity index (χ1) is 10.2. The van der Waals surface area contributed by atoms with Gasteiger partial charge in [-0.2, -0.15) is 0 Å². The van der Waals surface area contributed by atoms with Crippen molar-refractivity contribution in [2.24, 2.45) is 5.92 Å². The molecule has 3 heterocycles. The maximum absolute atomic E-state index is 4.53. The summed E-state index contributed by atoms with van der Waals surface area (Å²) >= 11 is 0. The van der Waals surface area contributed by atoms with Crippen molar-refractivity contribution < 1.29 is 0 Å². The van der Waals surface area contributed by atoms with Gasteiger partial charge in [-0.1, -0.05) is 13.0 Å². The van der Waals surface area contributed by atoms with Crippen LogP contribution in [-0.4, -0.2) is 28.0 Å². The average molecular weight is 281 g/mol. The van der Waals surface area contributed by atoms with Gasteiger partial charge in [0.2, 0.25) is 0 Å². The van der Waals surface area contributed by atoms with Gasteiger partial charge < -0.3 is 0 Å². The Labute approximate surface area is 127 Å². The normalized spacial score (nSPS) is 17.0. The Morgan fingerprint density at radius 3 is 2.62 bits per heavy atom. The second-order valence-corrected chi connectivity index (χ2v) is 6.18. The van der Waals surface area contributed by atoms with Gasteiger partial charge >= 0.3 is 0 Å². The van der Waals surface area contributed by atoms with Gasteiger partial charge in [-0.05, 0) is 62.5 Å². The summed E-state index contributed by atoms with van der Waals surface area (Å²) in [6, 6.07) is 8.45. The molecule has 0 amide bonds. The van der Waals surface area contributed by atoms with Crippen LogP contribution in [0.5, 0.6) is 0 Å². The van der Waals surface area contributed by atoms with Gasteiger partial charge in [-0.15, -0.1) is 0 Å². The monoisotopic (exact) mass is 281 g/mol. The second kappa shape index (κ2) is 6.35. The number of rotatable bonds is 3. The van der Waals surface area contributed by atoms with Crippen molar-refractivity contribution in [1.29, 1.82) is 0 Å². The first-order valence-electron chi connectivity index (χ1n) is 7.81. The van der Waals surface area contributed by atoms with Gasteiger partial charge in [-0.3, -0.25) is 14.9 Å². The first-order valence-corrected chi connectivity index (χ1v) is 7.81. The van der Waals surface area contributed by atoms with Crippen LogP contribution in [-0.2, 0) is 6.54 Å². The number of hydrogen-bond donors (Lipinski definition) is 0. The van der Waals surface area contributed by atoms with Crippen LogP contribution in [0, 0.1) is 12.8 Å². The van der Waals surface area contributed by atoms with E-state index in [-0.39, 0.29) is 0 Å². The summed E-state index contributed by atoms with van der Waals surface area (Å²) in [5.41, 5.74) is 4.58. The molecule has 0 bridgehead atoms.